The van der Waals surface area contributed by atoms with E-state index in [1.807, 2.05) is 0 Å². The van der Waals surface area contributed by atoms with Crippen LogP contribution >= 0.6 is 0 Å². The van der Waals surface area contributed by atoms with Crippen molar-refractivity contribution in [3.05, 3.63) is 48.5 Å². The summed E-state index contributed by atoms with van der Waals surface area (Å²) in [7, 11) is 0. The quantitative estimate of drug-likeness (QED) is 0.0648. The van der Waals surface area contributed by atoms with Crippen LogP contribution in [0.4, 0.5) is 9.59 Å². The van der Waals surface area contributed by atoms with Crippen LogP contribution in [0.3, 0.4) is 0 Å². The zero-order valence-electron chi connectivity index (χ0n) is 25.4. The van der Waals surface area contributed by atoms with E-state index in [1.165, 1.54) is 62.4 Å². The lowest BCUT2D eigenvalue weighted by atomic mass is 10.0. The maximum absolute atomic E-state index is 11.9. The van der Waals surface area contributed by atoms with Gasteiger partial charge in [-0.1, -0.05) is 51.4 Å². The lowest BCUT2D eigenvalue weighted by Gasteiger charge is -2.05. The Labute approximate surface area is 257 Å². The zero-order chi connectivity index (χ0) is 32.2. The second-order valence-corrected chi connectivity index (χ2v) is 10.1. The Morgan fingerprint density at radius 1 is 0.477 bits per heavy atom. The molecular formula is C32H42N4O8. The highest BCUT2D eigenvalue weighted by Gasteiger charge is 2.07. The van der Waals surface area contributed by atoms with Crippen molar-refractivity contribution < 1.29 is 38.1 Å². The van der Waals surface area contributed by atoms with Gasteiger partial charge in [-0.05, 0) is 61.4 Å². The van der Waals surface area contributed by atoms with Gasteiger partial charge in [-0.15, -0.1) is 0 Å². The fourth-order valence-electron chi connectivity index (χ4n) is 4.10. The van der Waals surface area contributed by atoms with Crippen molar-refractivity contribution in [1.82, 2.24) is 0 Å². The van der Waals surface area contributed by atoms with E-state index in [4.69, 9.17) is 30.4 Å². The number of benzene rings is 2. The number of carbonyl (C=O) groups is 4. The molecule has 0 fully saturated rings. The second-order valence-electron chi connectivity index (χ2n) is 10.1. The number of esters is 2. The highest BCUT2D eigenvalue weighted by atomic mass is 16.6. The maximum atomic E-state index is 11.9. The topological polar surface area (TPSA) is 182 Å². The first-order valence-electron chi connectivity index (χ1n) is 14.8. The summed E-state index contributed by atoms with van der Waals surface area (Å²) in [5.41, 5.74) is 11.7. The van der Waals surface area contributed by atoms with Crippen LogP contribution in [-0.2, 0) is 9.59 Å². The molecule has 0 saturated carbocycles. The molecule has 0 aliphatic heterocycles. The molecule has 0 saturated heterocycles. The van der Waals surface area contributed by atoms with Gasteiger partial charge in [0.2, 0.25) is 0 Å². The maximum Gasteiger partial charge on any atom is 0.440 e. The summed E-state index contributed by atoms with van der Waals surface area (Å²) < 4.78 is 20.1. The fourth-order valence-corrected chi connectivity index (χ4v) is 4.10. The minimum atomic E-state index is -0.790. The van der Waals surface area contributed by atoms with E-state index < -0.39 is 24.1 Å². The Morgan fingerprint density at radius 2 is 0.727 bits per heavy atom. The molecule has 0 aliphatic carbocycles. The third-order valence-corrected chi connectivity index (χ3v) is 6.17. The number of ether oxygens (including phenoxy) is 4. The largest absolute Gasteiger partial charge is 0.440 e. The molecule has 2 amide bonds. The summed E-state index contributed by atoms with van der Waals surface area (Å²) in [6.45, 7) is 2.61. The third kappa shape index (κ3) is 16.6. The van der Waals surface area contributed by atoms with Gasteiger partial charge in [0.25, 0.3) is 0 Å². The number of aliphatic imine (C=N–C) groups is 2. The Hall–Kier alpha value is -4.74. The number of rotatable bonds is 17. The number of amides is 2. The standard InChI is InChI=1S/C32H42N4O8/c1-23(37)41-25-15-19-27(20-16-25)43-31(39)35-29(33)13-11-9-7-5-3-4-6-8-10-12-14-30(34)36-32(40)44-28-21-17-26(18-22-28)42-24(2)38/h15-22H,3-14H2,1-2H3,(H2,33,35,39)(H2,34,36,40). The molecule has 4 N–H and O–H groups in total. The van der Waals surface area contributed by atoms with Crippen molar-refractivity contribution in [1.29, 1.82) is 0 Å². The van der Waals surface area contributed by atoms with Crippen molar-refractivity contribution in [3.8, 4) is 23.0 Å². The lowest BCUT2D eigenvalue weighted by molar-refractivity contribution is -0.132. The van der Waals surface area contributed by atoms with Gasteiger partial charge in [-0.3, -0.25) is 9.59 Å². The molecular weight excluding hydrogens is 568 g/mol. The summed E-state index contributed by atoms with van der Waals surface area (Å²) >= 11 is 0. The van der Waals surface area contributed by atoms with E-state index in [0.29, 0.717) is 24.3 Å². The van der Waals surface area contributed by atoms with Gasteiger partial charge in [-0.25, -0.2) is 9.59 Å². The van der Waals surface area contributed by atoms with E-state index >= 15 is 0 Å². The van der Waals surface area contributed by atoms with E-state index in [0.717, 1.165) is 64.2 Å². The molecule has 0 heterocycles. The number of nitrogens with zero attached hydrogens (tertiary/aromatic N) is 2. The van der Waals surface area contributed by atoms with Gasteiger partial charge in [0, 0.05) is 26.7 Å². The molecule has 0 radical (unpaired) electrons. The van der Waals surface area contributed by atoms with Gasteiger partial charge in [0.1, 0.15) is 34.7 Å². The van der Waals surface area contributed by atoms with E-state index in [1.54, 1.807) is 0 Å². The van der Waals surface area contributed by atoms with Crippen molar-refractivity contribution in [3.63, 3.8) is 0 Å². The number of unbranched alkanes of at least 4 members (excludes halogenated alkanes) is 9. The zero-order valence-corrected chi connectivity index (χ0v) is 25.4. The minimum absolute atomic E-state index is 0.237. The molecule has 0 aliphatic rings. The van der Waals surface area contributed by atoms with Crippen LogP contribution in [0.25, 0.3) is 0 Å². The van der Waals surface area contributed by atoms with Gasteiger partial charge < -0.3 is 30.4 Å². The summed E-state index contributed by atoms with van der Waals surface area (Å²) in [6.07, 6.45) is 9.93. The summed E-state index contributed by atoms with van der Waals surface area (Å²) in [6, 6.07) is 12.1. The third-order valence-electron chi connectivity index (χ3n) is 6.17. The molecule has 0 unspecified atom stereocenters. The van der Waals surface area contributed by atoms with Crippen molar-refractivity contribution in [2.24, 2.45) is 21.5 Å². The first-order valence-corrected chi connectivity index (χ1v) is 14.8. The van der Waals surface area contributed by atoms with Crippen LogP contribution in [0.5, 0.6) is 23.0 Å². The predicted molar refractivity (Wildman–Crippen MR) is 166 cm³/mol. The second kappa shape index (κ2) is 20.2. The monoisotopic (exact) mass is 610 g/mol. The normalized spacial score (nSPS) is 11.5. The Kier molecular flexibility index (Phi) is 16.3. The van der Waals surface area contributed by atoms with Crippen LogP contribution in [-0.4, -0.2) is 35.8 Å². The van der Waals surface area contributed by atoms with Crippen LogP contribution in [0.15, 0.2) is 58.5 Å². The van der Waals surface area contributed by atoms with Crippen molar-refractivity contribution >= 4 is 35.8 Å². The molecule has 44 heavy (non-hydrogen) atoms. The number of carbonyl (C=O) groups excluding carboxylic acids is 4. The Morgan fingerprint density at radius 3 is 1.00 bits per heavy atom. The van der Waals surface area contributed by atoms with Crippen LogP contribution < -0.4 is 30.4 Å². The molecule has 2 rings (SSSR count). The molecule has 0 bridgehead atoms. The van der Waals surface area contributed by atoms with Crippen molar-refractivity contribution in [2.75, 3.05) is 0 Å². The number of amidine groups is 2. The SMILES string of the molecule is CC(=O)Oc1ccc(OC(=O)/N=C(\N)CCCCCCCCCCCC/C(N)=N/C(=O)Oc2ccc(OC(C)=O)cc2)cc1. The molecule has 12 heteroatoms. The summed E-state index contributed by atoms with van der Waals surface area (Å²) in [4.78, 5) is 53.3. The molecule has 238 valence electrons. The van der Waals surface area contributed by atoms with Gasteiger partial charge in [0.05, 0.1) is 0 Å². The Bertz CT molecular complexity index is 1170. The number of nitrogens with two attached hydrogens (primary N) is 2. The highest BCUT2D eigenvalue weighted by molar-refractivity contribution is 5.91. The molecule has 2 aromatic rings. The first kappa shape index (κ1) is 35.5. The number of hydrogen-bond donors (Lipinski definition) is 2. The van der Waals surface area contributed by atoms with Crippen molar-refractivity contribution in [2.45, 2.75) is 90.9 Å². The fraction of sp³-hybridized carbons (Fsp3) is 0.438. The molecule has 2 aromatic carbocycles. The molecule has 0 spiro atoms. The smallest absolute Gasteiger partial charge is 0.427 e. The predicted octanol–water partition coefficient (Wildman–Crippen LogP) is 6.63. The summed E-state index contributed by atoms with van der Waals surface area (Å²) in [5, 5.41) is 0. The molecule has 0 aromatic heterocycles. The average Bonchev–Trinajstić information content (AvgIpc) is 2.95. The van der Waals surface area contributed by atoms with E-state index in [-0.39, 0.29) is 23.2 Å². The molecule has 0 atom stereocenters. The van der Waals surface area contributed by atoms with E-state index in [2.05, 4.69) is 9.98 Å². The average molecular weight is 611 g/mol. The molecule has 12 nitrogen and oxygen atoms in total. The highest BCUT2D eigenvalue weighted by Crippen LogP contribution is 2.19. The minimum Gasteiger partial charge on any atom is -0.427 e. The number of hydrogen-bond acceptors (Lipinski definition) is 8. The van der Waals surface area contributed by atoms with Crippen LogP contribution in [0.1, 0.15) is 90.9 Å². The first-order chi connectivity index (χ1) is 21.1. The summed E-state index contributed by atoms with van der Waals surface area (Å²) in [5.74, 6) is 0.880. The van der Waals surface area contributed by atoms with Crippen LogP contribution in [0, 0.1) is 0 Å². The van der Waals surface area contributed by atoms with Gasteiger partial charge in [0.15, 0.2) is 0 Å². The van der Waals surface area contributed by atoms with E-state index in [9.17, 15) is 19.2 Å². The Balaban J connectivity index is 1.45. The van der Waals surface area contributed by atoms with Gasteiger partial charge >= 0.3 is 24.1 Å². The van der Waals surface area contributed by atoms with Gasteiger partial charge in [-0.2, -0.15) is 9.98 Å². The lowest BCUT2D eigenvalue weighted by Crippen LogP contribution is -2.16. The van der Waals surface area contributed by atoms with Crippen LogP contribution in [0.2, 0.25) is 0 Å².